The highest BCUT2D eigenvalue weighted by Gasteiger charge is 2.55. The van der Waals surface area contributed by atoms with E-state index in [1.165, 1.54) is 0 Å². The monoisotopic (exact) mass is 312 g/mol. The number of ether oxygens (including phenoxy) is 1. The summed E-state index contributed by atoms with van der Waals surface area (Å²) in [6.45, 7) is -1.00. The first-order chi connectivity index (χ1) is 8.51. The zero-order valence-corrected chi connectivity index (χ0v) is 9.87. The van der Waals surface area contributed by atoms with Crippen LogP contribution in [0, 0.1) is 0 Å². The van der Waals surface area contributed by atoms with Crippen molar-refractivity contribution in [1.29, 1.82) is 0 Å². The van der Waals surface area contributed by atoms with Crippen molar-refractivity contribution in [3.05, 3.63) is 0 Å². The largest absolute Gasteiger partial charge is 0.523 e. The molecule has 19 heavy (non-hydrogen) atoms. The van der Waals surface area contributed by atoms with E-state index in [-0.39, 0.29) is 0 Å². The molecule has 1 aliphatic heterocycles. The van der Waals surface area contributed by atoms with Crippen molar-refractivity contribution in [2.24, 2.45) is 0 Å². The van der Waals surface area contributed by atoms with Crippen molar-refractivity contribution in [1.82, 2.24) is 0 Å². The third-order valence-electron chi connectivity index (χ3n) is 2.34. The van der Waals surface area contributed by atoms with Crippen molar-refractivity contribution in [3.8, 4) is 0 Å². The molecule has 12 heteroatoms. The van der Waals surface area contributed by atoms with Crippen LogP contribution >= 0.6 is 0 Å². The molecule has 0 spiro atoms. The van der Waals surface area contributed by atoms with E-state index in [2.05, 4.69) is 8.92 Å². The molecule has 0 aliphatic carbocycles. The van der Waals surface area contributed by atoms with E-state index in [0.29, 0.717) is 0 Å². The Labute approximate surface area is 105 Å². The van der Waals surface area contributed by atoms with E-state index in [1.807, 2.05) is 0 Å². The van der Waals surface area contributed by atoms with Crippen molar-refractivity contribution in [2.75, 3.05) is 6.61 Å². The van der Waals surface area contributed by atoms with Gasteiger partial charge in [0.25, 0.3) is 0 Å². The topological polar surface area (TPSA) is 134 Å². The number of rotatable bonds is 4. The van der Waals surface area contributed by atoms with Crippen molar-refractivity contribution >= 4 is 10.1 Å². The summed E-state index contributed by atoms with van der Waals surface area (Å²) in [5, 5.41) is 36.2. The van der Waals surface area contributed by atoms with Gasteiger partial charge < -0.3 is 25.2 Å². The molecule has 1 saturated heterocycles. The first kappa shape index (κ1) is 16.6. The summed E-state index contributed by atoms with van der Waals surface area (Å²) in [5.41, 5.74) is -5.74. The minimum Gasteiger partial charge on any atom is -0.394 e. The Hall–Kier alpha value is -0.500. The summed E-state index contributed by atoms with van der Waals surface area (Å²) in [6.07, 6.45) is -10.1. The Bertz CT molecular complexity index is 409. The molecule has 4 N–H and O–H groups in total. The normalized spacial score (nSPS) is 34.5. The molecular weight excluding hydrogens is 301 g/mol. The molecular formula is C7H11F3O8S. The average Bonchev–Trinajstić information content (AvgIpc) is 2.54. The highest BCUT2D eigenvalue weighted by atomic mass is 32.2. The van der Waals surface area contributed by atoms with Gasteiger partial charge in [0.05, 0.1) is 6.61 Å². The molecule has 0 aromatic heterocycles. The average molecular weight is 312 g/mol. The van der Waals surface area contributed by atoms with Gasteiger partial charge in [0, 0.05) is 0 Å². The minimum atomic E-state index is -6.06. The van der Waals surface area contributed by atoms with Gasteiger partial charge in [-0.1, -0.05) is 0 Å². The van der Waals surface area contributed by atoms with Gasteiger partial charge in [-0.2, -0.15) is 21.6 Å². The standard InChI is InChI=1S/C7H11F3O8S/c8-7(9,10)19(15,16)18-5-3(13)6(14)17-4(5)2(12)1-11/h2-6,11-14H,1H2/t2-,3-,4+,5+,6?/m1/s1. The predicted octanol–water partition coefficient (Wildman–Crippen LogP) is -2.35. The number of aliphatic hydroxyl groups excluding tert-OH is 4. The number of hydrogen-bond acceptors (Lipinski definition) is 8. The lowest BCUT2D eigenvalue weighted by Crippen LogP contribution is -2.45. The van der Waals surface area contributed by atoms with Crippen LogP contribution in [0.2, 0.25) is 0 Å². The predicted molar refractivity (Wildman–Crippen MR) is 49.8 cm³/mol. The first-order valence-corrected chi connectivity index (χ1v) is 6.22. The minimum absolute atomic E-state index is 1.00. The number of hydrogen-bond donors (Lipinski definition) is 4. The summed E-state index contributed by atoms with van der Waals surface area (Å²) in [5.74, 6) is 0. The van der Waals surface area contributed by atoms with Crippen LogP contribution in [0.15, 0.2) is 0 Å². The second-order valence-corrected chi connectivity index (χ2v) is 5.26. The molecule has 0 aromatic carbocycles. The summed E-state index contributed by atoms with van der Waals surface area (Å²) < 4.78 is 66.0. The smallest absolute Gasteiger partial charge is 0.394 e. The molecule has 1 rings (SSSR count). The lowest BCUT2D eigenvalue weighted by atomic mass is 10.1. The summed E-state index contributed by atoms with van der Waals surface area (Å²) in [7, 11) is -6.06. The van der Waals surface area contributed by atoms with Crippen LogP contribution in [-0.2, 0) is 19.0 Å². The molecule has 1 fully saturated rings. The van der Waals surface area contributed by atoms with E-state index < -0.39 is 52.9 Å². The van der Waals surface area contributed by atoms with Gasteiger partial charge in [-0.25, -0.2) is 0 Å². The van der Waals surface area contributed by atoms with Gasteiger partial charge in [0.15, 0.2) is 6.29 Å². The van der Waals surface area contributed by atoms with Gasteiger partial charge in [-0.3, -0.25) is 4.18 Å². The van der Waals surface area contributed by atoms with Crippen LogP contribution in [0.4, 0.5) is 13.2 Å². The Morgan fingerprint density at radius 1 is 1.32 bits per heavy atom. The summed E-state index contributed by atoms with van der Waals surface area (Å²) in [4.78, 5) is 0. The molecule has 0 bridgehead atoms. The SMILES string of the molecule is O=S(=O)(O[C@@H]1[C@H]([C@H](O)CO)OC(O)[C@@H]1O)C(F)(F)F. The van der Waals surface area contributed by atoms with Crippen LogP contribution < -0.4 is 0 Å². The summed E-state index contributed by atoms with van der Waals surface area (Å²) in [6, 6.07) is 0. The quantitative estimate of drug-likeness (QED) is 0.335. The maximum absolute atomic E-state index is 12.1. The van der Waals surface area contributed by atoms with Crippen LogP contribution in [-0.4, -0.2) is 71.7 Å². The van der Waals surface area contributed by atoms with E-state index in [0.717, 1.165) is 0 Å². The lowest BCUT2D eigenvalue weighted by molar-refractivity contribution is -0.150. The third-order valence-corrected chi connectivity index (χ3v) is 3.38. The number of aliphatic hydroxyl groups is 4. The van der Waals surface area contributed by atoms with Crippen molar-refractivity contribution < 1.29 is 50.9 Å². The van der Waals surface area contributed by atoms with E-state index in [9.17, 15) is 31.8 Å². The number of alkyl halides is 3. The molecule has 1 unspecified atom stereocenters. The van der Waals surface area contributed by atoms with Gasteiger partial charge in [-0.15, -0.1) is 0 Å². The second kappa shape index (κ2) is 5.47. The van der Waals surface area contributed by atoms with Gasteiger partial charge in [0.2, 0.25) is 0 Å². The van der Waals surface area contributed by atoms with Gasteiger partial charge in [0.1, 0.15) is 24.4 Å². The molecule has 8 nitrogen and oxygen atoms in total. The molecule has 5 atom stereocenters. The Kier molecular flexibility index (Phi) is 4.77. The lowest BCUT2D eigenvalue weighted by Gasteiger charge is -2.23. The Balaban J connectivity index is 2.96. The molecule has 114 valence electrons. The maximum Gasteiger partial charge on any atom is 0.523 e. The number of halogens is 3. The first-order valence-electron chi connectivity index (χ1n) is 4.81. The third kappa shape index (κ3) is 3.34. The zero-order valence-electron chi connectivity index (χ0n) is 9.06. The Morgan fingerprint density at radius 3 is 2.26 bits per heavy atom. The zero-order chi connectivity index (χ0) is 15.0. The van der Waals surface area contributed by atoms with Crippen molar-refractivity contribution in [3.63, 3.8) is 0 Å². The van der Waals surface area contributed by atoms with Crippen LogP contribution in [0.5, 0.6) is 0 Å². The molecule has 0 saturated carbocycles. The molecule has 0 amide bonds. The van der Waals surface area contributed by atoms with Crippen LogP contribution in [0.1, 0.15) is 0 Å². The van der Waals surface area contributed by atoms with E-state index in [4.69, 9.17) is 10.2 Å². The fourth-order valence-electron chi connectivity index (χ4n) is 1.40. The highest BCUT2D eigenvalue weighted by Crippen LogP contribution is 2.32. The molecule has 0 aromatic rings. The molecule has 0 radical (unpaired) electrons. The second-order valence-electron chi connectivity index (χ2n) is 3.69. The highest BCUT2D eigenvalue weighted by molar-refractivity contribution is 7.87. The molecule has 1 aliphatic rings. The maximum atomic E-state index is 12.1. The van der Waals surface area contributed by atoms with E-state index >= 15 is 0 Å². The van der Waals surface area contributed by atoms with Crippen LogP contribution in [0.3, 0.4) is 0 Å². The molecule has 1 heterocycles. The fourth-order valence-corrected chi connectivity index (χ4v) is 2.03. The van der Waals surface area contributed by atoms with Gasteiger partial charge in [-0.05, 0) is 0 Å². The fraction of sp³-hybridized carbons (Fsp3) is 1.00. The van der Waals surface area contributed by atoms with Crippen molar-refractivity contribution in [2.45, 2.75) is 36.2 Å². The van der Waals surface area contributed by atoms with Gasteiger partial charge >= 0.3 is 15.6 Å². The summed E-state index contributed by atoms with van der Waals surface area (Å²) >= 11 is 0. The van der Waals surface area contributed by atoms with Crippen LogP contribution in [0.25, 0.3) is 0 Å². The van der Waals surface area contributed by atoms with E-state index in [1.54, 1.807) is 0 Å². The Morgan fingerprint density at radius 2 is 1.84 bits per heavy atom.